The van der Waals surface area contributed by atoms with E-state index in [2.05, 4.69) is 26.1 Å². The van der Waals surface area contributed by atoms with Crippen LogP contribution >= 0.6 is 0 Å². The maximum atomic E-state index is 11.9. The minimum Gasteiger partial charge on any atom is -0.379 e. The van der Waals surface area contributed by atoms with E-state index in [9.17, 15) is 4.79 Å². The van der Waals surface area contributed by atoms with E-state index in [1.54, 1.807) is 0 Å². The van der Waals surface area contributed by atoms with Crippen molar-refractivity contribution < 1.29 is 9.53 Å². The fourth-order valence-electron chi connectivity index (χ4n) is 2.10. The summed E-state index contributed by atoms with van der Waals surface area (Å²) >= 11 is 0. The molecule has 1 amide bonds. The summed E-state index contributed by atoms with van der Waals surface area (Å²) < 4.78 is 5.20. The number of rotatable bonds is 6. The molecule has 0 radical (unpaired) electrons. The number of carbonyl (C=O) groups excluding carboxylic acids is 1. The normalized spacial score (nSPS) is 26.2. The number of carbonyl (C=O) groups is 1. The van der Waals surface area contributed by atoms with Gasteiger partial charge in [0.15, 0.2) is 0 Å². The predicted octanol–water partition coefficient (Wildman–Crippen LogP) is 1.29. The summed E-state index contributed by atoms with van der Waals surface area (Å²) in [6.45, 7) is 7.46. The standard InChI is InChI=1S/C13H26N2O2/c1-9(2)5-4-6-10(3)15-13(16)11-7-17-8-12(11)14/h9-12H,4-8,14H2,1-3H3,(H,15,16). The first-order valence-corrected chi connectivity index (χ1v) is 6.64. The maximum Gasteiger partial charge on any atom is 0.227 e. The molecule has 0 bridgehead atoms. The highest BCUT2D eigenvalue weighted by atomic mass is 16.5. The summed E-state index contributed by atoms with van der Waals surface area (Å²) in [5, 5.41) is 3.03. The molecule has 1 fully saturated rings. The van der Waals surface area contributed by atoms with Gasteiger partial charge in [0.25, 0.3) is 0 Å². The first kappa shape index (κ1) is 14.5. The van der Waals surface area contributed by atoms with Crippen molar-refractivity contribution in [1.82, 2.24) is 5.32 Å². The van der Waals surface area contributed by atoms with E-state index in [1.165, 1.54) is 6.42 Å². The van der Waals surface area contributed by atoms with Crippen LogP contribution in [0.5, 0.6) is 0 Å². The Kier molecular flexibility index (Phi) is 5.92. The monoisotopic (exact) mass is 242 g/mol. The minimum absolute atomic E-state index is 0.0482. The molecule has 0 aliphatic carbocycles. The lowest BCUT2D eigenvalue weighted by Gasteiger charge is -2.18. The molecule has 3 N–H and O–H groups in total. The fraction of sp³-hybridized carbons (Fsp3) is 0.923. The van der Waals surface area contributed by atoms with Gasteiger partial charge in [-0.3, -0.25) is 4.79 Å². The molecule has 0 aromatic carbocycles. The fourth-order valence-corrected chi connectivity index (χ4v) is 2.10. The second-order valence-corrected chi connectivity index (χ2v) is 5.54. The lowest BCUT2D eigenvalue weighted by molar-refractivity contribution is -0.125. The van der Waals surface area contributed by atoms with Crippen LogP contribution in [0.1, 0.15) is 40.0 Å². The van der Waals surface area contributed by atoms with Crippen LogP contribution in [-0.2, 0) is 9.53 Å². The van der Waals surface area contributed by atoms with Crippen LogP contribution in [-0.4, -0.2) is 31.2 Å². The SMILES string of the molecule is CC(C)CCCC(C)NC(=O)C1COCC1N. The maximum absolute atomic E-state index is 11.9. The molecule has 0 aromatic rings. The zero-order valence-corrected chi connectivity index (χ0v) is 11.2. The van der Waals surface area contributed by atoms with Crippen LogP contribution in [0.2, 0.25) is 0 Å². The number of ether oxygens (including phenoxy) is 1. The number of hydrogen-bond acceptors (Lipinski definition) is 3. The van der Waals surface area contributed by atoms with E-state index < -0.39 is 0 Å². The van der Waals surface area contributed by atoms with Gasteiger partial charge in [-0.2, -0.15) is 0 Å². The van der Waals surface area contributed by atoms with Crippen molar-refractivity contribution in [2.45, 2.75) is 52.1 Å². The van der Waals surface area contributed by atoms with E-state index in [1.807, 2.05) is 0 Å². The predicted molar refractivity (Wildman–Crippen MR) is 68.6 cm³/mol. The molecular weight excluding hydrogens is 216 g/mol. The molecule has 100 valence electrons. The first-order chi connectivity index (χ1) is 8.00. The Labute approximate surface area is 104 Å². The van der Waals surface area contributed by atoms with Crippen molar-refractivity contribution in [3.8, 4) is 0 Å². The van der Waals surface area contributed by atoms with Crippen LogP contribution in [0, 0.1) is 11.8 Å². The third kappa shape index (κ3) is 5.04. The van der Waals surface area contributed by atoms with Gasteiger partial charge < -0.3 is 15.8 Å². The Morgan fingerprint density at radius 1 is 1.35 bits per heavy atom. The highest BCUT2D eigenvalue weighted by Gasteiger charge is 2.31. The average molecular weight is 242 g/mol. The Bertz CT molecular complexity index is 244. The molecule has 0 aromatic heterocycles. The Balaban J connectivity index is 2.21. The van der Waals surface area contributed by atoms with E-state index in [4.69, 9.17) is 10.5 Å². The molecule has 1 aliphatic heterocycles. The second-order valence-electron chi connectivity index (χ2n) is 5.54. The van der Waals surface area contributed by atoms with E-state index >= 15 is 0 Å². The third-order valence-electron chi connectivity index (χ3n) is 3.27. The molecule has 4 heteroatoms. The molecule has 1 heterocycles. The summed E-state index contributed by atoms with van der Waals surface area (Å²) in [5.41, 5.74) is 5.81. The molecular formula is C13H26N2O2. The Morgan fingerprint density at radius 2 is 2.06 bits per heavy atom. The van der Waals surface area contributed by atoms with Crippen molar-refractivity contribution in [2.75, 3.05) is 13.2 Å². The summed E-state index contributed by atoms with van der Waals surface area (Å²) in [4.78, 5) is 11.9. The van der Waals surface area contributed by atoms with E-state index in [-0.39, 0.29) is 23.9 Å². The van der Waals surface area contributed by atoms with Crippen molar-refractivity contribution in [1.29, 1.82) is 0 Å². The zero-order chi connectivity index (χ0) is 12.8. The van der Waals surface area contributed by atoms with E-state index in [0.29, 0.717) is 13.2 Å². The minimum atomic E-state index is -0.164. The van der Waals surface area contributed by atoms with Crippen LogP contribution in [0.3, 0.4) is 0 Å². The van der Waals surface area contributed by atoms with Crippen molar-refractivity contribution >= 4 is 5.91 Å². The Morgan fingerprint density at radius 3 is 2.59 bits per heavy atom. The van der Waals surface area contributed by atoms with Crippen LogP contribution in [0.15, 0.2) is 0 Å². The number of nitrogens with two attached hydrogens (primary N) is 1. The van der Waals surface area contributed by atoms with Gasteiger partial charge in [-0.15, -0.1) is 0 Å². The molecule has 1 saturated heterocycles. The third-order valence-corrected chi connectivity index (χ3v) is 3.27. The topological polar surface area (TPSA) is 64.3 Å². The largest absolute Gasteiger partial charge is 0.379 e. The summed E-state index contributed by atoms with van der Waals surface area (Å²) in [7, 11) is 0. The number of hydrogen-bond donors (Lipinski definition) is 2. The van der Waals surface area contributed by atoms with Gasteiger partial charge in [-0.1, -0.05) is 26.7 Å². The number of nitrogens with one attached hydrogen (secondary N) is 1. The molecule has 3 atom stereocenters. The molecule has 1 rings (SSSR count). The molecule has 17 heavy (non-hydrogen) atoms. The molecule has 3 unspecified atom stereocenters. The lowest BCUT2D eigenvalue weighted by atomic mass is 10.0. The average Bonchev–Trinajstić information content (AvgIpc) is 2.63. The summed E-state index contributed by atoms with van der Waals surface area (Å²) in [6, 6.07) is 0.0897. The summed E-state index contributed by atoms with van der Waals surface area (Å²) in [5.74, 6) is 0.615. The second kappa shape index (κ2) is 6.97. The summed E-state index contributed by atoms with van der Waals surface area (Å²) in [6.07, 6.45) is 3.41. The first-order valence-electron chi connectivity index (χ1n) is 6.64. The Hall–Kier alpha value is -0.610. The van der Waals surface area contributed by atoms with Gasteiger partial charge in [-0.25, -0.2) is 0 Å². The number of amides is 1. The zero-order valence-electron chi connectivity index (χ0n) is 11.2. The smallest absolute Gasteiger partial charge is 0.227 e. The van der Waals surface area contributed by atoms with Crippen molar-refractivity contribution in [2.24, 2.45) is 17.6 Å². The van der Waals surface area contributed by atoms with Gasteiger partial charge >= 0.3 is 0 Å². The van der Waals surface area contributed by atoms with Gasteiger partial charge in [0.1, 0.15) is 0 Å². The van der Waals surface area contributed by atoms with Crippen molar-refractivity contribution in [3.05, 3.63) is 0 Å². The molecule has 4 nitrogen and oxygen atoms in total. The van der Waals surface area contributed by atoms with Gasteiger partial charge in [-0.05, 0) is 19.3 Å². The van der Waals surface area contributed by atoms with Gasteiger partial charge in [0.05, 0.1) is 19.1 Å². The van der Waals surface area contributed by atoms with Crippen LogP contribution in [0.25, 0.3) is 0 Å². The highest BCUT2D eigenvalue weighted by Crippen LogP contribution is 2.13. The lowest BCUT2D eigenvalue weighted by Crippen LogP contribution is -2.44. The van der Waals surface area contributed by atoms with Crippen molar-refractivity contribution in [3.63, 3.8) is 0 Å². The van der Waals surface area contributed by atoms with Gasteiger partial charge in [0.2, 0.25) is 5.91 Å². The van der Waals surface area contributed by atoms with Gasteiger partial charge in [0, 0.05) is 12.1 Å². The quantitative estimate of drug-likeness (QED) is 0.737. The highest BCUT2D eigenvalue weighted by molar-refractivity contribution is 5.80. The van der Waals surface area contributed by atoms with Crippen LogP contribution in [0.4, 0.5) is 0 Å². The molecule has 0 saturated carbocycles. The van der Waals surface area contributed by atoms with Crippen LogP contribution < -0.4 is 11.1 Å². The van der Waals surface area contributed by atoms with E-state index in [0.717, 1.165) is 18.8 Å². The molecule has 0 spiro atoms. The molecule has 1 aliphatic rings.